The van der Waals surface area contributed by atoms with Gasteiger partial charge in [0.1, 0.15) is 0 Å². The molecule has 198 valence electrons. The molecule has 1 aliphatic carbocycles. The largest absolute Gasteiger partial charge is 0.481 e. The summed E-state index contributed by atoms with van der Waals surface area (Å²) in [7, 11) is 0. The van der Waals surface area contributed by atoms with Crippen molar-refractivity contribution < 1.29 is 14.4 Å². The number of aromatic nitrogens is 1. The quantitative estimate of drug-likeness (QED) is 0.257. The lowest BCUT2D eigenvalue weighted by atomic mass is 9.99. The summed E-state index contributed by atoms with van der Waals surface area (Å²) in [5.74, 6) is 0.0152. The molecular weight excluding hydrogens is 470 g/mol. The van der Waals surface area contributed by atoms with E-state index in [-0.39, 0.29) is 11.8 Å². The van der Waals surface area contributed by atoms with Crippen molar-refractivity contribution in [2.24, 2.45) is 5.92 Å². The average molecular weight is 510 g/mol. The van der Waals surface area contributed by atoms with Crippen molar-refractivity contribution in [2.75, 3.05) is 0 Å². The Morgan fingerprint density at radius 1 is 0.895 bits per heavy atom. The van der Waals surface area contributed by atoms with Crippen LogP contribution < -0.4 is 0 Å². The van der Waals surface area contributed by atoms with E-state index in [4.69, 9.17) is 9.63 Å². The number of aryl methyl sites for hydroxylation is 2. The Labute approximate surface area is 227 Å². The van der Waals surface area contributed by atoms with E-state index < -0.39 is 5.97 Å². The van der Waals surface area contributed by atoms with Crippen molar-refractivity contribution in [1.82, 2.24) is 5.16 Å². The fourth-order valence-electron chi connectivity index (χ4n) is 4.45. The van der Waals surface area contributed by atoms with Gasteiger partial charge < -0.3 is 9.63 Å². The SMILES string of the molecule is CC.CC.Cc1noc(-c2ccc(-c3ccc(C4CC4C(=O)O)cc3)cc2)c1/C=C/CCc1ccccc1. The van der Waals surface area contributed by atoms with E-state index >= 15 is 0 Å². The van der Waals surface area contributed by atoms with Crippen LogP contribution in [0.4, 0.5) is 0 Å². The first-order valence-electron chi connectivity index (χ1n) is 13.7. The predicted octanol–water partition coefficient (Wildman–Crippen LogP) is 9.20. The van der Waals surface area contributed by atoms with E-state index in [1.54, 1.807) is 0 Å². The molecule has 1 aromatic heterocycles. The summed E-state index contributed by atoms with van der Waals surface area (Å²) in [5, 5.41) is 13.3. The van der Waals surface area contributed by atoms with Gasteiger partial charge >= 0.3 is 5.97 Å². The number of nitrogens with zero attached hydrogens (tertiary/aromatic N) is 1. The maximum Gasteiger partial charge on any atom is 0.307 e. The van der Waals surface area contributed by atoms with Gasteiger partial charge in [0.25, 0.3) is 0 Å². The van der Waals surface area contributed by atoms with E-state index in [1.807, 2.05) is 40.7 Å². The maximum absolute atomic E-state index is 11.1. The summed E-state index contributed by atoms with van der Waals surface area (Å²) in [6, 6.07) is 27.0. The third-order valence-electron chi connectivity index (χ3n) is 6.56. The van der Waals surface area contributed by atoms with Crippen molar-refractivity contribution in [1.29, 1.82) is 0 Å². The van der Waals surface area contributed by atoms with Crippen molar-refractivity contribution in [2.45, 2.75) is 59.8 Å². The van der Waals surface area contributed by atoms with E-state index in [9.17, 15) is 4.79 Å². The fraction of sp³-hybridized carbons (Fsp3) is 0.294. The van der Waals surface area contributed by atoms with E-state index in [1.165, 1.54) is 5.56 Å². The molecule has 4 nitrogen and oxygen atoms in total. The first-order chi connectivity index (χ1) is 18.6. The van der Waals surface area contributed by atoms with Gasteiger partial charge in [-0.25, -0.2) is 0 Å². The third-order valence-corrected chi connectivity index (χ3v) is 6.56. The summed E-state index contributed by atoms with van der Waals surface area (Å²) >= 11 is 0. The second kappa shape index (κ2) is 14.1. The lowest BCUT2D eigenvalue weighted by Crippen LogP contribution is -1.98. The molecule has 0 radical (unpaired) electrons. The van der Waals surface area contributed by atoms with E-state index in [0.29, 0.717) is 0 Å². The maximum atomic E-state index is 11.1. The summed E-state index contributed by atoms with van der Waals surface area (Å²) in [4.78, 5) is 11.1. The Morgan fingerprint density at radius 3 is 2.05 bits per heavy atom. The highest BCUT2D eigenvalue weighted by Gasteiger charge is 2.43. The number of benzene rings is 3. The number of carboxylic acids is 1. The molecule has 0 amide bonds. The minimum atomic E-state index is -0.697. The third kappa shape index (κ3) is 7.10. The van der Waals surface area contributed by atoms with Gasteiger partial charge in [0.05, 0.1) is 11.6 Å². The molecule has 0 bridgehead atoms. The lowest BCUT2D eigenvalue weighted by Gasteiger charge is -2.06. The Morgan fingerprint density at radius 2 is 1.47 bits per heavy atom. The molecule has 5 rings (SSSR count). The first kappa shape index (κ1) is 28.6. The van der Waals surface area contributed by atoms with Crippen LogP contribution in [-0.4, -0.2) is 16.2 Å². The van der Waals surface area contributed by atoms with Gasteiger partial charge in [-0.2, -0.15) is 0 Å². The fourth-order valence-corrected chi connectivity index (χ4v) is 4.45. The van der Waals surface area contributed by atoms with Crippen LogP contribution in [-0.2, 0) is 11.2 Å². The van der Waals surface area contributed by atoms with Crippen LogP contribution in [0.25, 0.3) is 28.5 Å². The van der Waals surface area contributed by atoms with Crippen molar-refractivity contribution in [3.63, 3.8) is 0 Å². The van der Waals surface area contributed by atoms with Crippen molar-refractivity contribution in [3.05, 3.63) is 107 Å². The molecule has 1 aliphatic rings. The van der Waals surface area contributed by atoms with Gasteiger partial charge in [0.15, 0.2) is 5.76 Å². The molecule has 1 fully saturated rings. The highest BCUT2D eigenvalue weighted by Crippen LogP contribution is 2.47. The first-order valence-corrected chi connectivity index (χ1v) is 13.7. The van der Waals surface area contributed by atoms with Crippen LogP contribution in [0.3, 0.4) is 0 Å². The minimum absolute atomic E-state index is 0.155. The molecule has 2 atom stereocenters. The standard InChI is InChI=1S/C30H27NO3.2C2H6/c1-20-26(10-6-5-9-21-7-3-2-4-8-21)29(34-31-20)25-17-13-23(14-18-25)22-11-15-24(16-12-22)27-19-28(27)30(32)33;2*1-2/h2-4,6-8,10-18,27-28H,5,9,19H2,1H3,(H,32,33);2*1-2H3/b10-6+;;. The van der Waals surface area contributed by atoms with Crippen LogP contribution in [0.1, 0.15) is 68.8 Å². The predicted molar refractivity (Wildman–Crippen MR) is 157 cm³/mol. The number of hydrogen-bond acceptors (Lipinski definition) is 3. The number of aliphatic carboxylic acids is 1. The minimum Gasteiger partial charge on any atom is -0.481 e. The summed E-state index contributed by atoms with van der Waals surface area (Å²) in [5.41, 5.74) is 7.54. The number of carboxylic acid groups (broad SMARTS) is 1. The average Bonchev–Trinajstić information content (AvgIpc) is 3.71. The van der Waals surface area contributed by atoms with Crippen LogP contribution >= 0.6 is 0 Å². The monoisotopic (exact) mass is 509 g/mol. The van der Waals surface area contributed by atoms with Gasteiger partial charge in [-0.15, -0.1) is 0 Å². The highest BCUT2D eigenvalue weighted by molar-refractivity contribution is 5.76. The smallest absolute Gasteiger partial charge is 0.307 e. The molecule has 2 unspecified atom stereocenters. The number of hydrogen-bond donors (Lipinski definition) is 1. The molecule has 4 aromatic rings. The molecule has 0 saturated heterocycles. The lowest BCUT2D eigenvalue weighted by molar-refractivity contribution is -0.138. The van der Waals surface area contributed by atoms with Gasteiger partial charge in [0, 0.05) is 11.1 Å². The topological polar surface area (TPSA) is 63.3 Å². The second-order valence-corrected chi connectivity index (χ2v) is 8.92. The van der Waals surface area contributed by atoms with Gasteiger partial charge in [-0.05, 0) is 54.4 Å². The molecule has 4 heteroatoms. The second-order valence-electron chi connectivity index (χ2n) is 8.92. The Balaban J connectivity index is 0.000000956. The number of carbonyl (C=O) groups is 1. The zero-order chi connectivity index (χ0) is 27.5. The van der Waals surface area contributed by atoms with E-state index in [2.05, 4.69) is 90.1 Å². The van der Waals surface area contributed by atoms with Crippen molar-refractivity contribution >= 4 is 12.0 Å². The zero-order valence-electron chi connectivity index (χ0n) is 23.1. The molecule has 0 spiro atoms. The van der Waals surface area contributed by atoms with Crippen LogP contribution in [0, 0.1) is 12.8 Å². The number of allylic oxidation sites excluding steroid dienone is 1. The van der Waals surface area contributed by atoms with Crippen molar-refractivity contribution in [3.8, 4) is 22.5 Å². The summed E-state index contributed by atoms with van der Waals surface area (Å²) < 4.78 is 5.67. The molecule has 3 aromatic carbocycles. The Hall–Kier alpha value is -3.92. The van der Waals surface area contributed by atoms with Gasteiger partial charge in [-0.3, -0.25) is 4.79 Å². The Bertz CT molecular complexity index is 1300. The molecular formula is C34H39NO3. The summed E-state index contributed by atoms with van der Waals surface area (Å²) in [6.45, 7) is 9.97. The Kier molecular flexibility index (Phi) is 10.7. The normalized spacial score (nSPS) is 15.7. The van der Waals surface area contributed by atoms with Crippen LogP contribution in [0.2, 0.25) is 0 Å². The summed E-state index contributed by atoms with van der Waals surface area (Å²) in [6.07, 6.45) is 6.99. The zero-order valence-corrected chi connectivity index (χ0v) is 23.1. The molecule has 1 heterocycles. The van der Waals surface area contributed by atoms with Crippen LogP contribution in [0.15, 0.2) is 89.5 Å². The van der Waals surface area contributed by atoms with Gasteiger partial charge in [-0.1, -0.05) is 124 Å². The van der Waals surface area contributed by atoms with Gasteiger partial charge in [0.2, 0.25) is 0 Å². The molecule has 38 heavy (non-hydrogen) atoms. The van der Waals surface area contributed by atoms with E-state index in [0.717, 1.165) is 58.5 Å². The molecule has 0 aliphatic heterocycles. The molecule has 1 saturated carbocycles. The highest BCUT2D eigenvalue weighted by atomic mass is 16.5. The van der Waals surface area contributed by atoms with Crippen LogP contribution in [0.5, 0.6) is 0 Å². The molecule has 1 N–H and O–H groups in total. The number of rotatable bonds is 8.